The van der Waals surface area contributed by atoms with Crippen LogP contribution in [-0.4, -0.2) is 35.3 Å². The maximum atomic E-state index is 13.6. The number of carbonyl (C=O) groups is 2. The number of benzene rings is 1. The topological polar surface area (TPSA) is 89.4 Å². The molecule has 1 aromatic rings. The summed E-state index contributed by atoms with van der Waals surface area (Å²) >= 11 is 0. The van der Waals surface area contributed by atoms with Crippen molar-refractivity contribution in [2.45, 2.75) is 56.5 Å². The van der Waals surface area contributed by atoms with Gasteiger partial charge in [0.05, 0.1) is 0 Å². The Morgan fingerprint density at radius 1 is 1.20 bits per heavy atom. The Kier molecular flexibility index (Phi) is 5.03. The van der Waals surface area contributed by atoms with Gasteiger partial charge in [0.2, 0.25) is 11.8 Å². The normalized spacial score (nSPS) is 24.0. The zero-order valence-electron chi connectivity index (χ0n) is 14.0. The molecule has 0 bridgehead atoms. The first kappa shape index (κ1) is 17.8. The number of primary amides is 1. The highest BCUT2D eigenvalue weighted by Crippen LogP contribution is 2.37. The van der Waals surface area contributed by atoms with Gasteiger partial charge in [-0.25, -0.2) is 8.78 Å². The molecule has 5 nitrogen and oxygen atoms in total. The van der Waals surface area contributed by atoms with Crippen molar-refractivity contribution in [1.29, 1.82) is 0 Å². The van der Waals surface area contributed by atoms with Gasteiger partial charge in [-0.1, -0.05) is 0 Å². The summed E-state index contributed by atoms with van der Waals surface area (Å²) in [5.74, 6) is -2.64. The number of aryl methyl sites for hydroxylation is 1. The van der Waals surface area contributed by atoms with Crippen LogP contribution in [0, 0.1) is 11.6 Å². The van der Waals surface area contributed by atoms with Crippen LogP contribution < -0.4 is 11.5 Å². The summed E-state index contributed by atoms with van der Waals surface area (Å²) in [6, 6.07) is 1.33. The van der Waals surface area contributed by atoms with Gasteiger partial charge in [-0.15, -0.1) is 0 Å². The number of fused-ring (bicyclic) bond motifs is 1. The number of rotatable bonds is 4. The zero-order chi connectivity index (χ0) is 18.1. The molecular weight excluding hydrogens is 328 g/mol. The molecule has 1 heterocycles. The van der Waals surface area contributed by atoms with Crippen LogP contribution in [0.25, 0.3) is 0 Å². The fourth-order valence-corrected chi connectivity index (χ4v) is 4.06. The van der Waals surface area contributed by atoms with Crippen LogP contribution >= 0.6 is 0 Å². The highest BCUT2D eigenvalue weighted by molar-refractivity contribution is 5.87. The van der Waals surface area contributed by atoms with Crippen LogP contribution in [0.15, 0.2) is 12.1 Å². The standard InChI is InChI=1S/C18H23F2N3O2/c19-13-7-10-4-5-11(12(10)8-14(13)20)15(21)9-17(24)23-6-2-1-3-16(23)18(22)25/h7-8,11,15-16H,1-6,9,21H2,(H2,22,25)/t11-,15-,16?/m0/s1. The van der Waals surface area contributed by atoms with E-state index in [0.29, 0.717) is 31.4 Å². The van der Waals surface area contributed by atoms with E-state index in [4.69, 9.17) is 11.5 Å². The first-order valence-corrected chi connectivity index (χ1v) is 8.70. The van der Waals surface area contributed by atoms with Gasteiger partial charge in [-0.05, 0) is 55.4 Å². The lowest BCUT2D eigenvalue weighted by molar-refractivity contribution is -0.141. The first-order chi connectivity index (χ1) is 11.9. The second kappa shape index (κ2) is 7.07. The zero-order valence-corrected chi connectivity index (χ0v) is 14.0. The number of likely N-dealkylation sites (tertiary alicyclic amines) is 1. The van der Waals surface area contributed by atoms with E-state index >= 15 is 0 Å². The maximum absolute atomic E-state index is 13.6. The number of hydrogen-bond donors (Lipinski definition) is 2. The summed E-state index contributed by atoms with van der Waals surface area (Å²) in [6.07, 6.45) is 3.62. The minimum atomic E-state index is -0.894. The third kappa shape index (κ3) is 3.51. The summed E-state index contributed by atoms with van der Waals surface area (Å²) in [4.78, 5) is 25.7. The van der Waals surface area contributed by atoms with Crippen LogP contribution in [0.4, 0.5) is 8.78 Å². The minimum Gasteiger partial charge on any atom is -0.368 e. The van der Waals surface area contributed by atoms with Gasteiger partial charge >= 0.3 is 0 Å². The lowest BCUT2D eigenvalue weighted by Gasteiger charge is -2.35. The quantitative estimate of drug-likeness (QED) is 0.863. The highest BCUT2D eigenvalue weighted by atomic mass is 19.2. The van der Waals surface area contributed by atoms with Crippen molar-refractivity contribution in [3.05, 3.63) is 34.9 Å². The SMILES string of the molecule is NC(=O)C1CCCCN1C(=O)C[C@H](N)[C@H]1CCc2cc(F)c(F)cc21. The predicted molar refractivity (Wildman–Crippen MR) is 88.6 cm³/mol. The Morgan fingerprint density at radius 2 is 1.92 bits per heavy atom. The molecule has 0 spiro atoms. The average molecular weight is 351 g/mol. The van der Waals surface area contributed by atoms with Crippen molar-refractivity contribution in [1.82, 2.24) is 4.90 Å². The number of halogens is 2. The molecule has 0 radical (unpaired) electrons. The van der Waals surface area contributed by atoms with Crippen LogP contribution in [0.5, 0.6) is 0 Å². The molecular formula is C18H23F2N3O2. The van der Waals surface area contributed by atoms with Crippen molar-refractivity contribution in [3.8, 4) is 0 Å². The summed E-state index contributed by atoms with van der Waals surface area (Å²) in [5.41, 5.74) is 13.1. The lowest BCUT2D eigenvalue weighted by Crippen LogP contribution is -2.51. The van der Waals surface area contributed by atoms with Crippen molar-refractivity contribution in [2.24, 2.45) is 11.5 Å². The van der Waals surface area contributed by atoms with Gasteiger partial charge in [0.25, 0.3) is 0 Å². The molecule has 1 fully saturated rings. The van der Waals surface area contributed by atoms with Crippen LogP contribution in [0.3, 0.4) is 0 Å². The van der Waals surface area contributed by atoms with E-state index < -0.39 is 29.6 Å². The third-order valence-electron chi connectivity index (χ3n) is 5.38. The van der Waals surface area contributed by atoms with Crippen molar-refractivity contribution in [3.63, 3.8) is 0 Å². The number of nitrogens with zero attached hydrogens (tertiary/aromatic N) is 1. The molecule has 1 aromatic carbocycles. The molecule has 0 aromatic heterocycles. The molecule has 1 aliphatic heterocycles. The van der Waals surface area contributed by atoms with Gasteiger partial charge in [0.15, 0.2) is 11.6 Å². The monoisotopic (exact) mass is 351 g/mol. The van der Waals surface area contributed by atoms with E-state index in [0.717, 1.165) is 18.4 Å². The van der Waals surface area contributed by atoms with Gasteiger partial charge in [-0.3, -0.25) is 9.59 Å². The van der Waals surface area contributed by atoms with Crippen LogP contribution in [0.1, 0.15) is 49.1 Å². The molecule has 1 saturated heterocycles. The molecule has 1 aliphatic carbocycles. The van der Waals surface area contributed by atoms with E-state index in [9.17, 15) is 18.4 Å². The van der Waals surface area contributed by atoms with Gasteiger partial charge < -0.3 is 16.4 Å². The van der Waals surface area contributed by atoms with Crippen molar-refractivity contribution < 1.29 is 18.4 Å². The summed E-state index contributed by atoms with van der Waals surface area (Å²) in [7, 11) is 0. The highest BCUT2D eigenvalue weighted by Gasteiger charge is 2.34. The van der Waals surface area contributed by atoms with E-state index in [1.165, 1.54) is 17.0 Å². The molecule has 2 amide bonds. The second-order valence-electron chi connectivity index (χ2n) is 6.98. The fourth-order valence-electron chi connectivity index (χ4n) is 4.06. The number of piperidine rings is 1. The lowest BCUT2D eigenvalue weighted by atomic mass is 9.90. The maximum Gasteiger partial charge on any atom is 0.240 e. The van der Waals surface area contributed by atoms with Gasteiger partial charge in [-0.2, -0.15) is 0 Å². The smallest absolute Gasteiger partial charge is 0.240 e. The molecule has 25 heavy (non-hydrogen) atoms. The van der Waals surface area contributed by atoms with E-state index in [1.807, 2.05) is 0 Å². The number of hydrogen-bond acceptors (Lipinski definition) is 3. The minimum absolute atomic E-state index is 0.0624. The first-order valence-electron chi connectivity index (χ1n) is 8.70. The summed E-state index contributed by atoms with van der Waals surface area (Å²) in [6.45, 7) is 0.500. The van der Waals surface area contributed by atoms with Crippen LogP contribution in [-0.2, 0) is 16.0 Å². The third-order valence-corrected chi connectivity index (χ3v) is 5.38. The summed E-state index contributed by atoms with van der Waals surface area (Å²) < 4.78 is 26.9. The predicted octanol–water partition coefficient (Wildman–Crippen LogP) is 1.58. The Labute approximate surface area is 145 Å². The molecule has 0 saturated carbocycles. The number of amides is 2. The molecule has 4 N–H and O–H groups in total. The van der Waals surface area contributed by atoms with E-state index in [-0.39, 0.29) is 18.2 Å². The van der Waals surface area contributed by atoms with Crippen molar-refractivity contribution >= 4 is 11.8 Å². The Morgan fingerprint density at radius 3 is 2.64 bits per heavy atom. The fraction of sp³-hybridized carbons (Fsp3) is 0.556. The van der Waals surface area contributed by atoms with Crippen LogP contribution in [0.2, 0.25) is 0 Å². The molecule has 7 heteroatoms. The summed E-state index contributed by atoms with van der Waals surface area (Å²) in [5, 5.41) is 0. The van der Waals surface area contributed by atoms with Crippen molar-refractivity contribution in [2.75, 3.05) is 6.54 Å². The van der Waals surface area contributed by atoms with Gasteiger partial charge in [0.1, 0.15) is 6.04 Å². The number of carbonyl (C=O) groups excluding carboxylic acids is 2. The molecule has 3 atom stereocenters. The Bertz CT molecular complexity index is 695. The molecule has 1 unspecified atom stereocenters. The second-order valence-corrected chi connectivity index (χ2v) is 6.98. The van der Waals surface area contributed by atoms with E-state index in [2.05, 4.69) is 0 Å². The molecule has 136 valence electrons. The molecule has 3 rings (SSSR count). The largest absolute Gasteiger partial charge is 0.368 e. The molecule has 2 aliphatic rings. The Balaban J connectivity index is 1.71. The van der Waals surface area contributed by atoms with Gasteiger partial charge in [0, 0.05) is 24.9 Å². The number of nitrogens with two attached hydrogens (primary N) is 2. The van der Waals surface area contributed by atoms with E-state index in [1.54, 1.807) is 0 Å². The Hall–Kier alpha value is -2.02. The average Bonchev–Trinajstić information content (AvgIpc) is 2.97.